The minimum atomic E-state index is -3.45. The van der Waals surface area contributed by atoms with Gasteiger partial charge in [0.15, 0.2) is 0 Å². The molecule has 11 heteroatoms. The quantitative estimate of drug-likeness (QED) is 0.171. The van der Waals surface area contributed by atoms with E-state index in [1.54, 1.807) is 13.8 Å². The highest BCUT2D eigenvalue weighted by molar-refractivity contribution is 7.90. The zero-order valence-corrected chi connectivity index (χ0v) is 24.4. The summed E-state index contributed by atoms with van der Waals surface area (Å²) in [6.45, 7) is 8.20. The van der Waals surface area contributed by atoms with E-state index < -0.39 is 39.3 Å². The van der Waals surface area contributed by atoms with Crippen molar-refractivity contribution in [3.8, 4) is 0 Å². The molecule has 1 aromatic rings. The normalized spacial score (nSPS) is 17.0. The van der Waals surface area contributed by atoms with Gasteiger partial charge in [-0.3, -0.25) is 4.79 Å². The van der Waals surface area contributed by atoms with Crippen LogP contribution in [-0.4, -0.2) is 80.0 Å². The number of benzene rings is 1. The van der Waals surface area contributed by atoms with Crippen molar-refractivity contribution in [3.05, 3.63) is 35.9 Å². The number of thiol groups is 1. The van der Waals surface area contributed by atoms with Crippen LogP contribution in [0, 0.1) is 11.8 Å². The predicted octanol–water partition coefficient (Wildman–Crippen LogP) is 1.91. The molecule has 0 saturated carbocycles. The standard InChI is InChI=1S/C26H45N3O6S2/c1-6-19(4)22(28-15-21(27)17-36)16-35-23(14-20-10-8-7-9-11-20)24(30)29-26(18(2)3,25(31)32)12-13-37(5,33)34/h7-11,18-19,21-23,28,36H,6,12-17,27H2,1-5H3,(H,29,30)(H,31,32)/t19-,21+,22-,23+,26-/m1/s1. The van der Waals surface area contributed by atoms with E-state index in [4.69, 9.17) is 10.5 Å². The van der Waals surface area contributed by atoms with Crippen molar-refractivity contribution >= 4 is 34.3 Å². The summed E-state index contributed by atoms with van der Waals surface area (Å²) < 4.78 is 29.8. The van der Waals surface area contributed by atoms with Gasteiger partial charge in [-0.2, -0.15) is 12.6 Å². The molecule has 37 heavy (non-hydrogen) atoms. The van der Waals surface area contributed by atoms with Crippen molar-refractivity contribution in [2.45, 2.75) is 70.7 Å². The molecule has 9 nitrogen and oxygen atoms in total. The highest BCUT2D eigenvalue weighted by Crippen LogP contribution is 2.24. The van der Waals surface area contributed by atoms with Crippen LogP contribution in [0.4, 0.5) is 0 Å². The second-order valence-electron chi connectivity index (χ2n) is 10.2. The van der Waals surface area contributed by atoms with E-state index in [0.717, 1.165) is 18.2 Å². The third-order valence-electron chi connectivity index (χ3n) is 6.82. The second-order valence-corrected chi connectivity index (χ2v) is 12.8. The van der Waals surface area contributed by atoms with Gasteiger partial charge in [0.2, 0.25) is 5.91 Å². The third kappa shape index (κ3) is 11.3. The average molecular weight is 560 g/mol. The number of sulfone groups is 1. The lowest BCUT2D eigenvalue weighted by Gasteiger charge is -2.36. The van der Waals surface area contributed by atoms with Crippen LogP contribution in [0.2, 0.25) is 0 Å². The number of carboxylic acid groups (broad SMARTS) is 1. The SMILES string of the molecule is CC[C@@H](C)[C@@H](CO[C@@H](Cc1ccccc1)C(=O)N[C@@](CCS(C)(=O)=O)(C(=O)O)C(C)C)NC[C@H](N)CS. The number of nitrogens with two attached hydrogens (primary N) is 1. The van der Waals surface area contributed by atoms with Crippen LogP contribution >= 0.6 is 12.6 Å². The van der Waals surface area contributed by atoms with Crippen LogP contribution < -0.4 is 16.4 Å². The monoisotopic (exact) mass is 559 g/mol. The number of carboxylic acids is 1. The molecule has 0 spiro atoms. The van der Waals surface area contributed by atoms with Gasteiger partial charge in [-0.05, 0) is 23.8 Å². The lowest BCUT2D eigenvalue weighted by atomic mass is 9.83. The van der Waals surface area contributed by atoms with E-state index in [9.17, 15) is 23.1 Å². The fourth-order valence-electron chi connectivity index (χ4n) is 3.90. The fraction of sp³-hybridized carbons (Fsp3) is 0.692. The Morgan fingerprint density at radius 2 is 1.81 bits per heavy atom. The van der Waals surface area contributed by atoms with Gasteiger partial charge in [-0.15, -0.1) is 0 Å². The molecule has 0 unspecified atom stereocenters. The Balaban J connectivity index is 3.21. The number of aliphatic carboxylic acids is 1. The zero-order valence-electron chi connectivity index (χ0n) is 22.6. The van der Waals surface area contributed by atoms with Crippen LogP contribution in [0.1, 0.15) is 46.1 Å². The molecule has 5 N–H and O–H groups in total. The van der Waals surface area contributed by atoms with E-state index in [-0.39, 0.29) is 43.2 Å². The maximum Gasteiger partial charge on any atom is 0.329 e. The fourth-order valence-corrected chi connectivity index (χ4v) is 4.72. The molecule has 1 rings (SSSR count). The Bertz CT molecular complexity index is 945. The highest BCUT2D eigenvalue weighted by Gasteiger charge is 2.45. The van der Waals surface area contributed by atoms with E-state index >= 15 is 0 Å². The Morgan fingerprint density at radius 3 is 2.30 bits per heavy atom. The second kappa shape index (κ2) is 15.7. The number of amides is 1. The van der Waals surface area contributed by atoms with Crippen molar-refractivity contribution in [2.24, 2.45) is 17.6 Å². The van der Waals surface area contributed by atoms with Gasteiger partial charge < -0.3 is 26.2 Å². The summed E-state index contributed by atoms with van der Waals surface area (Å²) in [5.74, 6) is -2.05. The van der Waals surface area contributed by atoms with Crippen molar-refractivity contribution in [2.75, 3.05) is 30.9 Å². The Labute approximate surface area is 227 Å². The highest BCUT2D eigenvalue weighted by atomic mass is 32.2. The predicted molar refractivity (Wildman–Crippen MR) is 151 cm³/mol. The third-order valence-corrected chi connectivity index (χ3v) is 8.24. The van der Waals surface area contributed by atoms with Crippen molar-refractivity contribution in [3.63, 3.8) is 0 Å². The van der Waals surface area contributed by atoms with E-state index in [0.29, 0.717) is 12.3 Å². The molecule has 0 aliphatic heterocycles. The first-order chi connectivity index (χ1) is 17.3. The van der Waals surface area contributed by atoms with Crippen LogP contribution in [0.15, 0.2) is 30.3 Å². The van der Waals surface area contributed by atoms with Crippen molar-refractivity contribution in [1.29, 1.82) is 0 Å². The summed E-state index contributed by atoms with van der Waals surface area (Å²) >= 11 is 4.23. The average Bonchev–Trinajstić information content (AvgIpc) is 2.84. The maximum absolute atomic E-state index is 13.6. The molecule has 0 aliphatic rings. The number of rotatable bonds is 18. The molecule has 0 saturated heterocycles. The topological polar surface area (TPSA) is 148 Å². The van der Waals surface area contributed by atoms with Gasteiger partial charge in [-0.1, -0.05) is 64.4 Å². The molecule has 1 aromatic carbocycles. The summed E-state index contributed by atoms with van der Waals surface area (Å²) in [7, 11) is -3.45. The molecule has 0 heterocycles. The smallest absolute Gasteiger partial charge is 0.329 e. The van der Waals surface area contributed by atoms with Gasteiger partial charge in [-0.25, -0.2) is 13.2 Å². The molecule has 0 radical (unpaired) electrons. The summed E-state index contributed by atoms with van der Waals surface area (Å²) in [4.78, 5) is 26.0. The minimum Gasteiger partial charge on any atom is -0.479 e. The number of ether oxygens (including phenoxy) is 1. The lowest BCUT2D eigenvalue weighted by Crippen LogP contribution is -2.61. The minimum absolute atomic E-state index is 0.0819. The first kappa shape index (κ1) is 33.4. The van der Waals surface area contributed by atoms with Gasteiger partial charge >= 0.3 is 5.97 Å². The molecular formula is C26H45N3O6S2. The number of carbonyl (C=O) groups is 2. The summed E-state index contributed by atoms with van der Waals surface area (Å²) in [5, 5.41) is 16.2. The molecule has 0 bridgehead atoms. The van der Waals surface area contributed by atoms with E-state index in [1.165, 1.54) is 0 Å². The molecule has 1 amide bonds. The number of hydrogen-bond acceptors (Lipinski definition) is 8. The van der Waals surface area contributed by atoms with E-state index in [2.05, 4.69) is 37.1 Å². The summed E-state index contributed by atoms with van der Waals surface area (Å²) in [6.07, 6.45) is 0.931. The van der Waals surface area contributed by atoms with Gasteiger partial charge in [0, 0.05) is 37.1 Å². The number of hydrogen-bond donors (Lipinski definition) is 5. The Morgan fingerprint density at radius 1 is 1.19 bits per heavy atom. The summed E-state index contributed by atoms with van der Waals surface area (Å²) in [6, 6.07) is 9.11. The van der Waals surface area contributed by atoms with Crippen molar-refractivity contribution < 1.29 is 27.9 Å². The zero-order chi connectivity index (χ0) is 28.2. The van der Waals surface area contributed by atoms with Crippen LogP contribution in [0.25, 0.3) is 0 Å². The van der Waals surface area contributed by atoms with Gasteiger partial charge in [0.1, 0.15) is 21.5 Å². The molecule has 0 aromatic heterocycles. The van der Waals surface area contributed by atoms with Crippen LogP contribution in [0.5, 0.6) is 0 Å². The first-order valence-electron chi connectivity index (χ1n) is 12.7. The molecule has 212 valence electrons. The maximum atomic E-state index is 13.6. The number of carbonyl (C=O) groups excluding carboxylic acids is 1. The molecule has 5 atom stereocenters. The largest absolute Gasteiger partial charge is 0.479 e. The molecule has 0 fully saturated rings. The first-order valence-corrected chi connectivity index (χ1v) is 15.4. The van der Waals surface area contributed by atoms with Gasteiger partial charge in [0.25, 0.3) is 0 Å². The van der Waals surface area contributed by atoms with Crippen LogP contribution in [-0.2, 0) is 30.6 Å². The van der Waals surface area contributed by atoms with Gasteiger partial charge in [0.05, 0.1) is 12.4 Å². The lowest BCUT2D eigenvalue weighted by molar-refractivity contribution is -0.152. The molecular weight excluding hydrogens is 514 g/mol. The summed E-state index contributed by atoms with van der Waals surface area (Å²) in [5.41, 5.74) is 5.11. The molecule has 0 aliphatic carbocycles. The van der Waals surface area contributed by atoms with Crippen molar-refractivity contribution in [1.82, 2.24) is 10.6 Å². The van der Waals surface area contributed by atoms with Crippen LogP contribution in [0.3, 0.4) is 0 Å². The Hall–Kier alpha value is -1.66. The Kier molecular flexibility index (Phi) is 14.1. The number of nitrogens with one attached hydrogen (secondary N) is 2. The van der Waals surface area contributed by atoms with E-state index in [1.807, 2.05) is 30.3 Å².